The first-order valence-corrected chi connectivity index (χ1v) is 10.3. The molecule has 1 heterocycles. The minimum atomic E-state index is -0.410. The number of methoxy groups -OCH3 is 2. The average molecular weight is 429 g/mol. The van der Waals surface area contributed by atoms with Crippen molar-refractivity contribution < 1.29 is 23.8 Å². The summed E-state index contributed by atoms with van der Waals surface area (Å²) in [5, 5.41) is 0. The Kier molecular flexibility index (Phi) is 6.56. The Morgan fingerprint density at radius 1 is 1.07 bits per heavy atom. The van der Waals surface area contributed by atoms with E-state index in [-0.39, 0.29) is 19.1 Å². The summed E-state index contributed by atoms with van der Waals surface area (Å²) in [6.07, 6.45) is 0. The van der Waals surface area contributed by atoms with Crippen LogP contribution in [0.3, 0.4) is 0 Å². The maximum Gasteiger partial charge on any atom is 0.326 e. The highest BCUT2D eigenvalue weighted by atomic mass is 32.1. The molecule has 1 aromatic heterocycles. The second-order valence-corrected chi connectivity index (χ2v) is 7.70. The number of rotatable bonds is 6. The molecule has 0 atom stereocenters. The van der Waals surface area contributed by atoms with Crippen LogP contribution in [0.15, 0.2) is 35.3 Å². The van der Waals surface area contributed by atoms with Gasteiger partial charge in [-0.3, -0.25) is 9.59 Å². The SMILES string of the molecule is CCOC(=O)Cn1c(=NC(=O)c2cc(C)ccc2C)sc2cc(OC)c(OC)cc21. The van der Waals surface area contributed by atoms with E-state index in [4.69, 9.17) is 14.2 Å². The first-order chi connectivity index (χ1) is 14.4. The van der Waals surface area contributed by atoms with Crippen molar-refractivity contribution in [3.63, 3.8) is 0 Å². The zero-order valence-electron chi connectivity index (χ0n) is 17.6. The van der Waals surface area contributed by atoms with Gasteiger partial charge < -0.3 is 18.8 Å². The van der Waals surface area contributed by atoms with Crippen LogP contribution in [0.5, 0.6) is 11.5 Å². The van der Waals surface area contributed by atoms with E-state index in [9.17, 15) is 9.59 Å². The second kappa shape index (κ2) is 9.13. The van der Waals surface area contributed by atoms with Crippen LogP contribution in [0, 0.1) is 13.8 Å². The van der Waals surface area contributed by atoms with Crippen molar-refractivity contribution in [2.24, 2.45) is 4.99 Å². The van der Waals surface area contributed by atoms with Gasteiger partial charge in [-0.1, -0.05) is 29.0 Å². The molecule has 0 radical (unpaired) electrons. The molecule has 1 amide bonds. The van der Waals surface area contributed by atoms with Crippen LogP contribution in [0.1, 0.15) is 28.4 Å². The molecule has 2 aromatic carbocycles. The van der Waals surface area contributed by atoms with Crippen LogP contribution in [-0.4, -0.2) is 37.3 Å². The van der Waals surface area contributed by atoms with Crippen LogP contribution in [0.25, 0.3) is 10.2 Å². The Labute approximate surface area is 178 Å². The molecule has 30 heavy (non-hydrogen) atoms. The standard InChI is InChI=1S/C22H24N2O5S/c1-6-29-20(25)12-24-16-10-17(27-4)18(28-5)11-19(16)30-22(24)23-21(26)15-9-13(2)7-8-14(15)3/h7-11H,6,12H2,1-5H3. The molecule has 7 nitrogen and oxygen atoms in total. The highest BCUT2D eigenvalue weighted by Gasteiger charge is 2.17. The normalized spacial score (nSPS) is 11.6. The molecule has 0 saturated heterocycles. The number of carbonyl (C=O) groups excluding carboxylic acids is 2. The van der Waals surface area contributed by atoms with Crippen LogP contribution < -0.4 is 14.3 Å². The summed E-state index contributed by atoms with van der Waals surface area (Å²) in [7, 11) is 3.10. The van der Waals surface area contributed by atoms with Crippen LogP contribution >= 0.6 is 11.3 Å². The van der Waals surface area contributed by atoms with E-state index < -0.39 is 5.97 Å². The molecule has 3 aromatic rings. The number of nitrogens with zero attached hydrogens (tertiary/aromatic N) is 2. The topological polar surface area (TPSA) is 79.1 Å². The smallest absolute Gasteiger partial charge is 0.326 e. The summed E-state index contributed by atoms with van der Waals surface area (Å²) in [5.41, 5.74) is 3.06. The van der Waals surface area contributed by atoms with Gasteiger partial charge in [0.25, 0.3) is 5.91 Å². The molecule has 0 aliphatic rings. The number of aryl methyl sites for hydroxylation is 2. The third-order valence-corrected chi connectivity index (χ3v) is 5.64. The van der Waals surface area contributed by atoms with Gasteiger partial charge in [0.2, 0.25) is 0 Å². The highest BCUT2D eigenvalue weighted by Crippen LogP contribution is 2.33. The number of ether oxygens (including phenoxy) is 3. The number of hydrogen-bond acceptors (Lipinski definition) is 6. The van der Waals surface area contributed by atoms with Gasteiger partial charge in [-0.05, 0) is 32.4 Å². The van der Waals surface area contributed by atoms with Gasteiger partial charge in [0, 0.05) is 17.7 Å². The fourth-order valence-electron chi connectivity index (χ4n) is 3.08. The summed E-state index contributed by atoms with van der Waals surface area (Å²) in [6.45, 7) is 5.75. The van der Waals surface area contributed by atoms with Crippen molar-refractivity contribution in [2.45, 2.75) is 27.3 Å². The predicted molar refractivity (Wildman–Crippen MR) is 115 cm³/mol. The van der Waals surface area contributed by atoms with Crippen LogP contribution in [-0.2, 0) is 16.1 Å². The zero-order chi connectivity index (χ0) is 21.8. The molecule has 8 heteroatoms. The fraction of sp³-hybridized carbons (Fsp3) is 0.318. The first-order valence-electron chi connectivity index (χ1n) is 9.45. The molecular formula is C22H24N2O5S. The Balaban J connectivity index is 2.20. The largest absolute Gasteiger partial charge is 0.493 e. The monoisotopic (exact) mass is 428 g/mol. The van der Waals surface area contributed by atoms with Gasteiger partial charge >= 0.3 is 5.97 Å². The minimum absolute atomic E-state index is 0.0672. The van der Waals surface area contributed by atoms with Gasteiger partial charge in [-0.2, -0.15) is 4.99 Å². The van der Waals surface area contributed by atoms with Crippen molar-refractivity contribution in [3.05, 3.63) is 51.8 Å². The highest BCUT2D eigenvalue weighted by molar-refractivity contribution is 7.16. The average Bonchev–Trinajstić information content (AvgIpc) is 3.04. The van der Waals surface area contributed by atoms with Crippen LogP contribution in [0.4, 0.5) is 0 Å². The predicted octanol–water partition coefficient (Wildman–Crippen LogP) is 3.64. The first kappa shape index (κ1) is 21.6. The van der Waals surface area contributed by atoms with E-state index in [0.717, 1.165) is 15.8 Å². The summed E-state index contributed by atoms with van der Waals surface area (Å²) >= 11 is 1.30. The maximum absolute atomic E-state index is 12.9. The maximum atomic E-state index is 12.9. The molecule has 158 valence electrons. The molecule has 0 aliphatic carbocycles. The Hall–Kier alpha value is -3.13. The lowest BCUT2D eigenvalue weighted by atomic mass is 10.1. The summed E-state index contributed by atoms with van der Waals surface area (Å²) < 4.78 is 18.4. The molecule has 0 spiro atoms. The fourth-order valence-corrected chi connectivity index (χ4v) is 4.12. The number of aromatic nitrogens is 1. The summed E-state index contributed by atoms with van der Waals surface area (Å²) in [4.78, 5) is 29.9. The molecule has 3 rings (SSSR count). The van der Waals surface area contributed by atoms with Crippen molar-refractivity contribution in [1.82, 2.24) is 4.57 Å². The Morgan fingerprint density at radius 2 is 1.77 bits per heavy atom. The lowest BCUT2D eigenvalue weighted by Crippen LogP contribution is -2.23. The third kappa shape index (κ3) is 4.38. The Bertz CT molecular complexity index is 1180. The molecule has 0 saturated carbocycles. The van der Waals surface area contributed by atoms with Gasteiger partial charge in [-0.25, -0.2) is 0 Å². The molecule has 0 unspecified atom stereocenters. The lowest BCUT2D eigenvalue weighted by Gasteiger charge is -2.09. The number of esters is 1. The van der Waals surface area contributed by atoms with Gasteiger partial charge in [0.05, 0.1) is 31.0 Å². The third-order valence-electron chi connectivity index (χ3n) is 4.60. The number of amides is 1. The van der Waals surface area contributed by atoms with E-state index in [1.807, 2.05) is 38.1 Å². The minimum Gasteiger partial charge on any atom is -0.493 e. The molecule has 0 N–H and O–H groups in total. The number of thiazole rings is 1. The number of benzene rings is 2. The zero-order valence-corrected chi connectivity index (χ0v) is 18.5. The van der Waals surface area contributed by atoms with Gasteiger partial charge in [0.15, 0.2) is 16.3 Å². The van der Waals surface area contributed by atoms with Crippen molar-refractivity contribution >= 4 is 33.4 Å². The van der Waals surface area contributed by atoms with Crippen molar-refractivity contribution in [1.29, 1.82) is 0 Å². The molecule has 0 fully saturated rings. The van der Waals surface area contributed by atoms with Crippen molar-refractivity contribution in [3.8, 4) is 11.5 Å². The summed E-state index contributed by atoms with van der Waals surface area (Å²) in [6, 6.07) is 9.24. The number of carbonyl (C=O) groups is 2. The Morgan fingerprint density at radius 3 is 2.43 bits per heavy atom. The molecular weight excluding hydrogens is 404 g/mol. The summed E-state index contributed by atoms with van der Waals surface area (Å²) in [5.74, 6) is 0.307. The molecule has 0 bridgehead atoms. The van der Waals surface area contributed by atoms with E-state index in [1.165, 1.54) is 11.3 Å². The number of fused-ring (bicyclic) bond motifs is 1. The van der Waals surface area contributed by atoms with E-state index in [0.29, 0.717) is 27.4 Å². The molecule has 0 aliphatic heterocycles. The van der Waals surface area contributed by atoms with E-state index in [1.54, 1.807) is 31.8 Å². The van der Waals surface area contributed by atoms with Crippen LogP contribution in [0.2, 0.25) is 0 Å². The quantitative estimate of drug-likeness (QED) is 0.560. The number of hydrogen-bond donors (Lipinski definition) is 0. The van der Waals surface area contributed by atoms with E-state index >= 15 is 0 Å². The second-order valence-electron chi connectivity index (χ2n) is 6.69. The van der Waals surface area contributed by atoms with Crippen molar-refractivity contribution in [2.75, 3.05) is 20.8 Å². The lowest BCUT2D eigenvalue weighted by molar-refractivity contribution is -0.143. The van der Waals surface area contributed by atoms with Gasteiger partial charge in [0.1, 0.15) is 6.54 Å². The van der Waals surface area contributed by atoms with E-state index in [2.05, 4.69) is 4.99 Å². The van der Waals surface area contributed by atoms with Gasteiger partial charge in [-0.15, -0.1) is 0 Å².